The van der Waals surface area contributed by atoms with Gasteiger partial charge in [0.2, 0.25) is 5.91 Å². The average Bonchev–Trinajstić information content (AvgIpc) is 2.35. The lowest BCUT2D eigenvalue weighted by Crippen LogP contribution is -2.37. The number of aryl methyl sites for hydroxylation is 1. The molecule has 1 amide bonds. The Morgan fingerprint density at radius 1 is 1.56 bits per heavy atom. The van der Waals surface area contributed by atoms with E-state index in [1.165, 1.54) is 0 Å². The molecule has 0 aliphatic rings. The van der Waals surface area contributed by atoms with E-state index in [1.807, 2.05) is 36.9 Å². The summed E-state index contributed by atoms with van der Waals surface area (Å²) in [4.78, 5) is 18.0. The molecule has 1 heterocycles. The minimum Gasteiger partial charge on any atom is -0.344 e. The van der Waals surface area contributed by atoms with E-state index >= 15 is 0 Å². The van der Waals surface area contributed by atoms with Gasteiger partial charge in [0.05, 0.1) is 18.8 Å². The monoisotopic (exact) mass is 245 g/mol. The average molecular weight is 245 g/mol. The standard InChI is InChI=1S/C14H19N3O/c1-4-9-15-14(18)11-17(5-2)10-13-8-6-7-12(3)16-13/h1,6-8H,5,9-11H2,2-3H3,(H,15,18). The van der Waals surface area contributed by atoms with Crippen molar-refractivity contribution in [2.24, 2.45) is 0 Å². The molecule has 1 aromatic rings. The topological polar surface area (TPSA) is 45.2 Å². The lowest BCUT2D eigenvalue weighted by Gasteiger charge is -2.19. The minimum atomic E-state index is -0.0533. The zero-order chi connectivity index (χ0) is 13.4. The van der Waals surface area contributed by atoms with E-state index in [0.717, 1.165) is 17.9 Å². The maximum atomic E-state index is 11.6. The number of carbonyl (C=O) groups excluding carboxylic acids is 1. The molecule has 0 aromatic carbocycles. The van der Waals surface area contributed by atoms with E-state index in [4.69, 9.17) is 6.42 Å². The molecule has 0 bridgehead atoms. The van der Waals surface area contributed by atoms with Crippen LogP contribution in [0.3, 0.4) is 0 Å². The van der Waals surface area contributed by atoms with Gasteiger partial charge in [0.1, 0.15) is 0 Å². The minimum absolute atomic E-state index is 0.0533. The zero-order valence-electron chi connectivity index (χ0n) is 10.9. The van der Waals surface area contributed by atoms with Crippen molar-refractivity contribution in [3.05, 3.63) is 29.6 Å². The predicted octanol–water partition coefficient (Wildman–Crippen LogP) is 0.961. The first kappa shape index (κ1) is 14.2. The van der Waals surface area contributed by atoms with Crippen LogP contribution in [0, 0.1) is 19.3 Å². The maximum Gasteiger partial charge on any atom is 0.234 e. The second-order valence-corrected chi connectivity index (χ2v) is 4.05. The SMILES string of the molecule is C#CCNC(=O)CN(CC)Cc1cccc(C)n1. The molecule has 0 fully saturated rings. The molecule has 18 heavy (non-hydrogen) atoms. The highest BCUT2D eigenvalue weighted by molar-refractivity contribution is 5.78. The van der Waals surface area contributed by atoms with E-state index in [2.05, 4.69) is 16.2 Å². The summed E-state index contributed by atoms with van der Waals surface area (Å²) >= 11 is 0. The number of pyridine rings is 1. The highest BCUT2D eigenvalue weighted by Gasteiger charge is 2.09. The fourth-order valence-electron chi connectivity index (χ4n) is 1.60. The molecule has 1 rings (SSSR count). The lowest BCUT2D eigenvalue weighted by atomic mass is 10.3. The molecule has 0 unspecified atom stereocenters. The van der Waals surface area contributed by atoms with Crippen LogP contribution in [-0.4, -0.2) is 35.4 Å². The fourth-order valence-corrected chi connectivity index (χ4v) is 1.60. The van der Waals surface area contributed by atoms with Gasteiger partial charge in [-0.05, 0) is 25.6 Å². The summed E-state index contributed by atoms with van der Waals surface area (Å²) in [7, 11) is 0. The Morgan fingerprint density at radius 3 is 2.94 bits per heavy atom. The van der Waals surface area contributed by atoms with Crippen LogP contribution in [0.5, 0.6) is 0 Å². The maximum absolute atomic E-state index is 11.6. The van der Waals surface area contributed by atoms with Crippen molar-refractivity contribution in [2.45, 2.75) is 20.4 Å². The van der Waals surface area contributed by atoms with E-state index in [9.17, 15) is 4.79 Å². The Labute approximate surface area is 108 Å². The molecule has 1 aromatic heterocycles. The number of hydrogen-bond acceptors (Lipinski definition) is 3. The Kier molecular flexibility index (Phi) is 5.89. The molecule has 0 radical (unpaired) electrons. The highest BCUT2D eigenvalue weighted by atomic mass is 16.2. The predicted molar refractivity (Wildman–Crippen MR) is 71.8 cm³/mol. The molecule has 0 spiro atoms. The van der Waals surface area contributed by atoms with Crippen LogP contribution in [0.2, 0.25) is 0 Å². The van der Waals surface area contributed by atoms with Gasteiger partial charge in [0.25, 0.3) is 0 Å². The van der Waals surface area contributed by atoms with Crippen molar-refractivity contribution in [1.82, 2.24) is 15.2 Å². The number of nitrogens with one attached hydrogen (secondary N) is 1. The van der Waals surface area contributed by atoms with Crippen LogP contribution in [-0.2, 0) is 11.3 Å². The highest BCUT2D eigenvalue weighted by Crippen LogP contribution is 2.02. The molecule has 0 saturated carbocycles. The van der Waals surface area contributed by atoms with E-state index in [1.54, 1.807) is 0 Å². The summed E-state index contributed by atoms with van der Waals surface area (Å²) in [6, 6.07) is 5.90. The molecule has 0 saturated heterocycles. The third-order valence-electron chi connectivity index (χ3n) is 2.53. The van der Waals surface area contributed by atoms with E-state index in [-0.39, 0.29) is 12.5 Å². The number of aromatic nitrogens is 1. The second-order valence-electron chi connectivity index (χ2n) is 4.05. The number of terminal acetylenes is 1. The third kappa shape index (κ3) is 4.98. The molecular weight excluding hydrogens is 226 g/mol. The third-order valence-corrected chi connectivity index (χ3v) is 2.53. The Balaban J connectivity index is 2.52. The molecule has 1 N–H and O–H groups in total. The first-order chi connectivity index (χ1) is 8.65. The van der Waals surface area contributed by atoms with Crippen LogP contribution >= 0.6 is 0 Å². The summed E-state index contributed by atoms with van der Waals surface area (Å²) in [5.74, 6) is 2.33. The van der Waals surface area contributed by atoms with Gasteiger partial charge in [-0.25, -0.2) is 0 Å². The molecule has 4 nitrogen and oxygen atoms in total. The van der Waals surface area contributed by atoms with Gasteiger partial charge in [-0.1, -0.05) is 18.9 Å². The Bertz CT molecular complexity index is 437. The smallest absolute Gasteiger partial charge is 0.234 e. The van der Waals surface area contributed by atoms with Crippen LogP contribution in [0.1, 0.15) is 18.3 Å². The van der Waals surface area contributed by atoms with E-state index < -0.39 is 0 Å². The summed E-state index contributed by atoms with van der Waals surface area (Å²) in [6.07, 6.45) is 5.09. The van der Waals surface area contributed by atoms with Gasteiger partial charge in [-0.2, -0.15) is 0 Å². The number of hydrogen-bond donors (Lipinski definition) is 1. The number of carbonyl (C=O) groups is 1. The van der Waals surface area contributed by atoms with Gasteiger partial charge in [-0.3, -0.25) is 14.7 Å². The molecule has 96 valence electrons. The van der Waals surface area contributed by atoms with Crippen molar-refractivity contribution in [2.75, 3.05) is 19.6 Å². The zero-order valence-corrected chi connectivity index (χ0v) is 10.9. The normalized spacial score (nSPS) is 10.1. The van der Waals surface area contributed by atoms with Crippen LogP contribution < -0.4 is 5.32 Å². The molecular formula is C14H19N3O. The molecule has 0 aliphatic heterocycles. The summed E-state index contributed by atoms with van der Waals surface area (Å²) in [5.41, 5.74) is 1.96. The Morgan fingerprint density at radius 2 is 2.33 bits per heavy atom. The summed E-state index contributed by atoms with van der Waals surface area (Å²) in [5, 5.41) is 2.66. The number of rotatable bonds is 6. The molecule has 0 atom stereocenters. The largest absolute Gasteiger partial charge is 0.344 e. The van der Waals surface area contributed by atoms with Gasteiger partial charge in [-0.15, -0.1) is 6.42 Å². The fraction of sp³-hybridized carbons (Fsp3) is 0.429. The number of amides is 1. The van der Waals surface area contributed by atoms with Crippen molar-refractivity contribution in [3.8, 4) is 12.3 Å². The van der Waals surface area contributed by atoms with Crippen molar-refractivity contribution in [1.29, 1.82) is 0 Å². The van der Waals surface area contributed by atoms with Gasteiger partial charge >= 0.3 is 0 Å². The van der Waals surface area contributed by atoms with Crippen LogP contribution in [0.15, 0.2) is 18.2 Å². The lowest BCUT2D eigenvalue weighted by molar-refractivity contribution is -0.122. The summed E-state index contributed by atoms with van der Waals surface area (Å²) < 4.78 is 0. The van der Waals surface area contributed by atoms with Gasteiger partial charge in [0.15, 0.2) is 0 Å². The van der Waals surface area contributed by atoms with Crippen LogP contribution in [0.25, 0.3) is 0 Å². The number of nitrogens with zero attached hydrogens (tertiary/aromatic N) is 2. The number of likely N-dealkylation sites (N-methyl/N-ethyl adjacent to an activating group) is 1. The first-order valence-electron chi connectivity index (χ1n) is 6.00. The van der Waals surface area contributed by atoms with E-state index in [0.29, 0.717) is 13.1 Å². The van der Waals surface area contributed by atoms with Crippen molar-refractivity contribution >= 4 is 5.91 Å². The summed E-state index contributed by atoms with van der Waals surface area (Å²) in [6.45, 7) is 6.05. The Hall–Kier alpha value is -1.86. The molecule has 4 heteroatoms. The first-order valence-corrected chi connectivity index (χ1v) is 6.00. The molecule has 0 aliphatic carbocycles. The second kappa shape index (κ2) is 7.46. The van der Waals surface area contributed by atoms with Crippen molar-refractivity contribution in [3.63, 3.8) is 0 Å². The van der Waals surface area contributed by atoms with Crippen molar-refractivity contribution < 1.29 is 4.79 Å². The van der Waals surface area contributed by atoms with Gasteiger partial charge < -0.3 is 5.32 Å². The quantitative estimate of drug-likeness (QED) is 0.759. The van der Waals surface area contributed by atoms with Gasteiger partial charge in [0, 0.05) is 12.2 Å². The van der Waals surface area contributed by atoms with Crippen LogP contribution in [0.4, 0.5) is 0 Å².